The topological polar surface area (TPSA) is 32.3 Å². The molecule has 1 aliphatic rings. The van der Waals surface area contributed by atoms with Gasteiger partial charge in [-0.3, -0.25) is 0 Å². The predicted octanol–water partition coefficient (Wildman–Crippen LogP) is 1.87. The quantitative estimate of drug-likeness (QED) is 0.717. The highest BCUT2D eigenvalue weighted by Gasteiger charge is 2.21. The lowest BCUT2D eigenvalue weighted by molar-refractivity contribution is 0.147. The van der Waals surface area contributed by atoms with E-state index in [4.69, 9.17) is 0 Å². The van der Waals surface area contributed by atoms with Gasteiger partial charge in [0, 0.05) is 18.0 Å². The zero-order chi connectivity index (χ0) is 10.6. The maximum absolute atomic E-state index is 9.34. The molecule has 80 valence electrons. The number of aliphatic hydroxyl groups is 1. The molecule has 1 rings (SSSR count). The molecule has 2 unspecified atom stereocenters. The Labute approximate surface area is 86.7 Å². The molecule has 0 spiro atoms. The number of rotatable bonds is 4. The average molecular weight is 195 g/mol. The van der Waals surface area contributed by atoms with Gasteiger partial charge in [0.15, 0.2) is 0 Å². The summed E-state index contributed by atoms with van der Waals surface area (Å²) in [6.45, 7) is 6.97. The van der Waals surface area contributed by atoms with E-state index in [1.165, 1.54) is 0 Å². The van der Waals surface area contributed by atoms with Crippen molar-refractivity contribution in [1.82, 2.24) is 5.32 Å². The van der Waals surface area contributed by atoms with Gasteiger partial charge in [-0.2, -0.15) is 0 Å². The Kier molecular flexibility index (Phi) is 3.90. The van der Waals surface area contributed by atoms with Crippen LogP contribution < -0.4 is 5.32 Å². The smallest absolute Gasteiger partial charge is 0.0662 e. The fourth-order valence-corrected chi connectivity index (χ4v) is 1.47. The second-order valence-electron chi connectivity index (χ2n) is 4.56. The van der Waals surface area contributed by atoms with Gasteiger partial charge < -0.3 is 10.4 Å². The highest BCUT2D eigenvalue weighted by atomic mass is 16.3. The maximum Gasteiger partial charge on any atom is 0.0662 e. The van der Waals surface area contributed by atoms with Crippen LogP contribution in [0.5, 0.6) is 0 Å². The molecule has 0 saturated heterocycles. The summed E-state index contributed by atoms with van der Waals surface area (Å²) in [6.07, 6.45) is 9.38. The standard InChI is InChI=1S/C12H21NO/c1-10(11(2)14)13-9-12(3)7-5-4-6-8-12/h4-7,10-11,13-14H,8-9H2,1-3H3/t10?,11?,12-/m0/s1. The third kappa shape index (κ3) is 3.28. The average Bonchev–Trinajstić information content (AvgIpc) is 2.15. The Morgan fingerprint density at radius 2 is 2.14 bits per heavy atom. The summed E-state index contributed by atoms with van der Waals surface area (Å²) in [5.74, 6) is 0. The molecular weight excluding hydrogens is 174 g/mol. The molecule has 0 aromatic rings. The van der Waals surface area contributed by atoms with Crippen LogP contribution in [-0.2, 0) is 0 Å². The summed E-state index contributed by atoms with van der Waals surface area (Å²) in [4.78, 5) is 0. The van der Waals surface area contributed by atoms with Crippen molar-refractivity contribution in [2.24, 2.45) is 5.41 Å². The molecule has 0 radical (unpaired) electrons. The normalized spacial score (nSPS) is 30.3. The van der Waals surface area contributed by atoms with Gasteiger partial charge in [0.25, 0.3) is 0 Å². The van der Waals surface area contributed by atoms with Crippen LogP contribution in [0.15, 0.2) is 24.3 Å². The number of nitrogens with one attached hydrogen (secondary N) is 1. The molecule has 0 heterocycles. The molecule has 0 aromatic carbocycles. The minimum absolute atomic E-state index is 0.158. The number of allylic oxidation sites excluding steroid dienone is 3. The Bertz CT molecular complexity index is 232. The van der Waals surface area contributed by atoms with Crippen molar-refractivity contribution in [1.29, 1.82) is 0 Å². The van der Waals surface area contributed by atoms with Crippen LogP contribution in [0.3, 0.4) is 0 Å². The Hall–Kier alpha value is -0.600. The van der Waals surface area contributed by atoms with Gasteiger partial charge in [-0.15, -0.1) is 0 Å². The third-order valence-corrected chi connectivity index (χ3v) is 2.88. The highest BCUT2D eigenvalue weighted by molar-refractivity contribution is 5.16. The lowest BCUT2D eigenvalue weighted by Gasteiger charge is -2.29. The van der Waals surface area contributed by atoms with Gasteiger partial charge in [0.2, 0.25) is 0 Å². The van der Waals surface area contributed by atoms with Gasteiger partial charge in [-0.25, -0.2) is 0 Å². The first-order valence-corrected chi connectivity index (χ1v) is 5.29. The van der Waals surface area contributed by atoms with E-state index in [1.54, 1.807) is 0 Å². The SMILES string of the molecule is CC(O)C(C)NC[C@@]1(C)C=CC=CC1. The third-order valence-electron chi connectivity index (χ3n) is 2.88. The first kappa shape index (κ1) is 11.5. The molecule has 0 aromatic heterocycles. The fourth-order valence-electron chi connectivity index (χ4n) is 1.47. The summed E-state index contributed by atoms with van der Waals surface area (Å²) >= 11 is 0. The summed E-state index contributed by atoms with van der Waals surface area (Å²) in [6, 6.07) is 0.158. The van der Waals surface area contributed by atoms with Crippen molar-refractivity contribution in [3.8, 4) is 0 Å². The second-order valence-corrected chi connectivity index (χ2v) is 4.56. The van der Waals surface area contributed by atoms with E-state index in [2.05, 4.69) is 36.5 Å². The van der Waals surface area contributed by atoms with Gasteiger partial charge in [0.1, 0.15) is 0 Å². The van der Waals surface area contributed by atoms with Crippen molar-refractivity contribution < 1.29 is 5.11 Å². The van der Waals surface area contributed by atoms with E-state index in [1.807, 2.05) is 13.8 Å². The van der Waals surface area contributed by atoms with Crippen LogP contribution in [0, 0.1) is 5.41 Å². The van der Waals surface area contributed by atoms with Gasteiger partial charge >= 0.3 is 0 Å². The summed E-state index contributed by atoms with van der Waals surface area (Å²) in [5, 5.41) is 12.7. The fraction of sp³-hybridized carbons (Fsp3) is 0.667. The predicted molar refractivity (Wildman–Crippen MR) is 60.1 cm³/mol. The molecule has 3 atom stereocenters. The molecule has 14 heavy (non-hydrogen) atoms. The van der Waals surface area contributed by atoms with E-state index in [9.17, 15) is 5.11 Å². The Morgan fingerprint density at radius 1 is 1.43 bits per heavy atom. The van der Waals surface area contributed by atoms with Crippen molar-refractivity contribution in [2.45, 2.75) is 39.3 Å². The summed E-state index contributed by atoms with van der Waals surface area (Å²) < 4.78 is 0. The zero-order valence-corrected chi connectivity index (χ0v) is 9.33. The van der Waals surface area contributed by atoms with E-state index in [0.717, 1.165) is 13.0 Å². The molecule has 2 N–H and O–H groups in total. The highest BCUT2D eigenvalue weighted by Crippen LogP contribution is 2.26. The van der Waals surface area contributed by atoms with Crippen LogP contribution in [0.25, 0.3) is 0 Å². The second kappa shape index (κ2) is 4.76. The Balaban J connectivity index is 2.37. The summed E-state index contributed by atoms with van der Waals surface area (Å²) in [5.41, 5.74) is 0.206. The zero-order valence-electron chi connectivity index (χ0n) is 9.33. The van der Waals surface area contributed by atoms with E-state index in [0.29, 0.717) is 0 Å². The minimum Gasteiger partial charge on any atom is -0.392 e. The molecule has 0 fully saturated rings. The molecule has 0 saturated carbocycles. The molecule has 1 aliphatic carbocycles. The first-order chi connectivity index (χ1) is 6.53. The van der Waals surface area contributed by atoms with Crippen LogP contribution in [0.2, 0.25) is 0 Å². The van der Waals surface area contributed by atoms with Crippen molar-refractivity contribution in [2.75, 3.05) is 6.54 Å². The van der Waals surface area contributed by atoms with Crippen molar-refractivity contribution in [3.63, 3.8) is 0 Å². The van der Waals surface area contributed by atoms with E-state index in [-0.39, 0.29) is 17.6 Å². The molecule has 0 aliphatic heterocycles. The largest absolute Gasteiger partial charge is 0.392 e. The van der Waals surface area contributed by atoms with Crippen molar-refractivity contribution in [3.05, 3.63) is 24.3 Å². The summed E-state index contributed by atoms with van der Waals surface area (Å²) in [7, 11) is 0. The molecular formula is C12H21NO. The molecule has 0 bridgehead atoms. The Morgan fingerprint density at radius 3 is 2.64 bits per heavy atom. The van der Waals surface area contributed by atoms with Gasteiger partial charge in [-0.05, 0) is 20.3 Å². The number of aliphatic hydroxyl groups excluding tert-OH is 1. The van der Waals surface area contributed by atoms with E-state index >= 15 is 0 Å². The van der Waals surface area contributed by atoms with Gasteiger partial charge in [0.05, 0.1) is 6.10 Å². The van der Waals surface area contributed by atoms with E-state index < -0.39 is 0 Å². The monoisotopic (exact) mass is 195 g/mol. The molecule has 2 heteroatoms. The van der Waals surface area contributed by atoms with Crippen LogP contribution in [0.4, 0.5) is 0 Å². The van der Waals surface area contributed by atoms with Crippen molar-refractivity contribution >= 4 is 0 Å². The lowest BCUT2D eigenvalue weighted by atomic mass is 9.83. The minimum atomic E-state index is -0.290. The van der Waals surface area contributed by atoms with Crippen LogP contribution in [-0.4, -0.2) is 23.8 Å². The molecule has 0 amide bonds. The first-order valence-electron chi connectivity index (χ1n) is 5.29. The lowest BCUT2D eigenvalue weighted by Crippen LogP contribution is -2.41. The maximum atomic E-state index is 9.34. The van der Waals surface area contributed by atoms with Crippen LogP contribution >= 0.6 is 0 Å². The van der Waals surface area contributed by atoms with Crippen LogP contribution in [0.1, 0.15) is 27.2 Å². The van der Waals surface area contributed by atoms with Gasteiger partial charge in [-0.1, -0.05) is 31.2 Å². The number of hydrogen-bond donors (Lipinski definition) is 2. The molecule has 2 nitrogen and oxygen atoms in total. The number of hydrogen-bond acceptors (Lipinski definition) is 2.